The molecule has 2 aliphatic rings. The first-order chi connectivity index (χ1) is 12.4. The van der Waals surface area contributed by atoms with E-state index in [1.54, 1.807) is 0 Å². The van der Waals surface area contributed by atoms with E-state index in [4.69, 9.17) is 74.0 Å². The molecular weight excluding hydrogens is 489 g/mol. The van der Waals surface area contributed by atoms with Crippen LogP contribution in [0.1, 0.15) is 10.6 Å². The van der Waals surface area contributed by atoms with Gasteiger partial charge in [0.1, 0.15) is 9.75 Å². The topological polar surface area (TPSA) is 109 Å². The summed E-state index contributed by atoms with van der Waals surface area (Å²) in [6, 6.07) is 2.80. The fraction of sp³-hybridized carbons (Fsp3) is 0.357. The zero-order chi connectivity index (χ0) is 20.4. The number of carbonyl (C=O) groups excluding carboxylic acids is 2. The van der Waals surface area contributed by atoms with Gasteiger partial charge in [-0.2, -0.15) is 0 Å². The molecule has 1 aromatic rings. The van der Waals surface area contributed by atoms with Crippen LogP contribution in [-0.4, -0.2) is 37.0 Å². The highest BCUT2D eigenvalue weighted by Gasteiger charge is 2.85. The van der Waals surface area contributed by atoms with Crippen LogP contribution in [0.2, 0.25) is 0 Å². The van der Waals surface area contributed by atoms with Gasteiger partial charge in [-0.3, -0.25) is 25.2 Å². The maximum atomic E-state index is 12.7. The zero-order valence-electron chi connectivity index (χ0n) is 12.7. The predicted octanol–water partition coefficient (Wildman–Crippen LogP) is 3.20. The summed E-state index contributed by atoms with van der Waals surface area (Å²) in [6.45, 7) is 0. The maximum absolute atomic E-state index is 12.7. The predicted molar refractivity (Wildman–Crippen MR) is 99.3 cm³/mol. The Hall–Kier alpha value is -0.830. The Labute approximate surface area is 181 Å². The number of hydrogen-bond donors (Lipinski definition) is 3. The molecular formula is C14H8Cl6N2O5. The second-order valence-corrected chi connectivity index (χ2v) is 9.12. The van der Waals surface area contributed by atoms with E-state index in [0.717, 1.165) is 0 Å². The zero-order valence-corrected chi connectivity index (χ0v) is 17.3. The van der Waals surface area contributed by atoms with Crippen molar-refractivity contribution in [1.82, 2.24) is 10.9 Å². The normalized spacial score (nSPS) is 33.9. The van der Waals surface area contributed by atoms with Gasteiger partial charge in [0.25, 0.3) is 0 Å². The molecule has 0 spiro atoms. The van der Waals surface area contributed by atoms with E-state index < -0.39 is 43.7 Å². The number of aliphatic carboxylic acids is 1. The minimum absolute atomic E-state index is 0.0996. The highest BCUT2D eigenvalue weighted by molar-refractivity contribution is 6.66. The lowest BCUT2D eigenvalue weighted by Crippen LogP contribution is -2.53. The average molecular weight is 497 g/mol. The number of alkyl halides is 4. The fourth-order valence-electron chi connectivity index (χ4n) is 3.29. The Morgan fingerprint density at radius 1 is 1.00 bits per heavy atom. The number of carbonyl (C=O) groups is 3. The minimum Gasteiger partial charge on any atom is -0.481 e. The van der Waals surface area contributed by atoms with Crippen LogP contribution in [0.4, 0.5) is 0 Å². The van der Waals surface area contributed by atoms with Crippen molar-refractivity contribution in [1.29, 1.82) is 0 Å². The first-order valence-corrected chi connectivity index (χ1v) is 9.37. The van der Waals surface area contributed by atoms with Gasteiger partial charge in [-0.25, -0.2) is 0 Å². The van der Waals surface area contributed by atoms with Crippen LogP contribution in [0.25, 0.3) is 0 Å². The van der Waals surface area contributed by atoms with E-state index in [9.17, 15) is 19.5 Å². The summed E-state index contributed by atoms with van der Waals surface area (Å²) in [5, 5.41) is 8.93. The summed E-state index contributed by atoms with van der Waals surface area (Å²) < 4.78 is 2.64. The van der Waals surface area contributed by atoms with Crippen molar-refractivity contribution in [2.45, 2.75) is 14.1 Å². The van der Waals surface area contributed by atoms with Crippen molar-refractivity contribution in [3.8, 4) is 0 Å². The van der Waals surface area contributed by atoms with Gasteiger partial charge in [-0.1, -0.05) is 46.4 Å². The van der Waals surface area contributed by atoms with Crippen LogP contribution >= 0.6 is 69.6 Å². The smallest absolute Gasteiger partial charge is 0.309 e. The maximum Gasteiger partial charge on any atom is 0.309 e. The van der Waals surface area contributed by atoms with Gasteiger partial charge in [-0.15, -0.1) is 23.2 Å². The van der Waals surface area contributed by atoms with Gasteiger partial charge >= 0.3 is 11.9 Å². The number of carboxylic acids is 1. The molecule has 1 saturated carbocycles. The number of nitrogens with one attached hydrogen (secondary N) is 2. The number of halogens is 6. The van der Waals surface area contributed by atoms with E-state index >= 15 is 0 Å². The van der Waals surface area contributed by atoms with E-state index in [2.05, 4.69) is 10.9 Å². The van der Waals surface area contributed by atoms with Crippen LogP contribution < -0.4 is 10.9 Å². The standard InChI is InChI=1S/C14H8Cl6N2O5/c15-7-8(16)13(18)6(11(25)26)5(12(7,17)14(13,19)20)10(24)22-21-9(23)4-2-1-3-27-4/h1-3,5-6H,(H,21,23)(H,22,24)(H,25,26)/t5-,6+,12+,13+/m0/s1. The number of hydrogen-bond acceptors (Lipinski definition) is 4. The van der Waals surface area contributed by atoms with Crippen LogP contribution in [0, 0.1) is 11.8 Å². The van der Waals surface area contributed by atoms with Crippen molar-refractivity contribution in [2.75, 3.05) is 0 Å². The molecule has 3 N–H and O–H groups in total. The summed E-state index contributed by atoms with van der Waals surface area (Å²) >= 11 is 37.6. The Balaban J connectivity index is 1.95. The first-order valence-electron chi connectivity index (χ1n) is 7.10. The molecule has 0 aliphatic heterocycles. The lowest BCUT2D eigenvalue weighted by atomic mass is 9.81. The highest BCUT2D eigenvalue weighted by Crippen LogP contribution is 2.76. The molecule has 0 saturated heterocycles. The van der Waals surface area contributed by atoms with E-state index in [1.807, 2.05) is 0 Å². The van der Waals surface area contributed by atoms with Crippen LogP contribution in [0.5, 0.6) is 0 Å². The largest absolute Gasteiger partial charge is 0.481 e. The van der Waals surface area contributed by atoms with Crippen molar-refractivity contribution in [3.63, 3.8) is 0 Å². The SMILES string of the molecule is O=C(NNC(=O)[C@@H]1[C@H](C(=O)O)[C@@]2(Cl)C(Cl)=C(Cl)[C@@]1(Cl)C2(Cl)Cl)c1ccco1. The molecule has 1 heterocycles. The average Bonchev–Trinajstić information content (AvgIpc) is 3.20. The van der Waals surface area contributed by atoms with Gasteiger partial charge < -0.3 is 9.52 Å². The molecule has 2 aliphatic carbocycles. The van der Waals surface area contributed by atoms with Gasteiger partial charge in [0.15, 0.2) is 10.1 Å². The van der Waals surface area contributed by atoms with Gasteiger partial charge in [-0.05, 0) is 12.1 Å². The molecule has 0 aromatic carbocycles. The Morgan fingerprint density at radius 3 is 2.04 bits per heavy atom. The molecule has 146 valence electrons. The van der Waals surface area contributed by atoms with E-state index in [1.165, 1.54) is 18.4 Å². The number of carboxylic acid groups (broad SMARTS) is 1. The molecule has 4 atom stereocenters. The number of rotatable bonds is 3. The van der Waals surface area contributed by atoms with Crippen molar-refractivity contribution in [3.05, 3.63) is 34.2 Å². The third-order valence-corrected chi connectivity index (χ3v) is 8.79. The third-order valence-electron chi connectivity index (χ3n) is 4.53. The van der Waals surface area contributed by atoms with Crippen molar-refractivity contribution in [2.24, 2.45) is 11.8 Å². The second kappa shape index (κ2) is 6.61. The minimum atomic E-state index is -2.23. The Bertz CT molecular complexity index is 871. The molecule has 7 nitrogen and oxygen atoms in total. The number of amides is 2. The lowest BCUT2D eigenvalue weighted by Gasteiger charge is -2.33. The van der Waals surface area contributed by atoms with Crippen molar-refractivity contribution >= 4 is 87.4 Å². The third kappa shape index (κ3) is 2.52. The van der Waals surface area contributed by atoms with Crippen LogP contribution in [0.3, 0.4) is 0 Å². The summed E-state index contributed by atoms with van der Waals surface area (Å²) in [6.07, 6.45) is 1.25. The highest BCUT2D eigenvalue weighted by atomic mass is 35.5. The summed E-state index contributed by atoms with van der Waals surface area (Å²) in [5.74, 6) is -6.85. The molecule has 3 rings (SSSR count). The van der Waals surface area contributed by atoms with E-state index in [-0.39, 0.29) is 15.8 Å². The molecule has 27 heavy (non-hydrogen) atoms. The summed E-state index contributed by atoms with van der Waals surface area (Å²) in [7, 11) is 0. The summed E-state index contributed by atoms with van der Waals surface area (Å²) in [4.78, 5) is 32.1. The summed E-state index contributed by atoms with van der Waals surface area (Å²) in [5.41, 5.74) is 4.11. The van der Waals surface area contributed by atoms with E-state index in [0.29, 0.717) is 0 Å². The Morgan fingerprint density at radius 2 is 1.56 bits per heavy atom. The molecule has 0 radical (unpaired) electrons. The molecule has 2 amide bonds. The Kier molecular flexibility index (Phi) is 5.11. The monoisotopic (exact) mass is 494 g/mol. The molecule has 1 aromatic heterocycles. The molecule has 13 heteroatoms. The number of furan rings is 1. The van der Waals surface area contributed by atoms with Crippen LogP contribution in [-0.2, 0) is 9.59 Å². The lowest BCUT2D eigenvalue weighted by molar-refractivity contribution is -0.147. The van der Waals surface area contributed by atoms with Crippen LogP contribution in [0.15, 0.2) is 32.9 Å². The van der Waals surface area contributed by atoms with Gasteiger partial charge in [0.05, 0.1) is 28.2 Å². The van der Waals surface area contributed by atoms with Gasteiger partial charge in [0.2, 0.25) is 5.91 Å². The second-order valence-electron chi connectivity index (χ2n) is 5.84. The van der Waals surface area contributed by atoms with Gasteiger partial charge in [0, 0.05) is 0 Å². The molecule has 2 bridgehead atoms. The number of hydrazine groups is 1. The first kappa shape index (κ1) is 20.9. The molecule has 1 fully saturated rings. The van der Waals surface area contributed by atoms with Crippen molar-refractivity contribution < 1.29 is 23.9 Å². The molecule has 0 unspecified atom stereocenters. The number of allylic oxidation sites excluding steroid dienone is 2. The number of fused-ring (bicyclic) bond motifs is 2. The fourth-order valence-corrected chi connectivity index (χ4v) is 6.23. The quantitative estimate of drug-likeness (QED) is 0.440.